The van der Waals surface area contributed by atoms with Gasteiger partial charge in [0.1, 0.15) is 0 Å². The molecule has 0 amide bonds. The Kier molecular flexibility index (Phi) is 2.09. The molecule has 0 saturated heterocycles. The second kappa shape index (κ2) is 3.18. The molecule has 0 spiro atoms. The second-order valence-corrected chi connectivity index (χ2v) is 2.98. The van der Waals surface area contributed by atoms with E-state index in [0.29, 0.717) is 12.1 Å². The highest BCUT2D eigenvalue weighted by Crippen LogP contribution is 2.27. The van der Waals surface area contributed by atoms with Crippen LogP contribution in [0.5, 0.6) is 0 Å². The molecule has 7 heteroatoms. The van der Waals surface area contributed by atoms with Gasteiger partial charge in [0, 0.05) is 6.20 Å². The van der Waals surface area contributed by atoms with Gasteiger partial charge >= 0.3 is 6.18 Å². The number of aromatic nitrogens is 4. The number of hydrogen-bond donors (Lipinski definition) is 0. The van der Waals surface area contributed by atoms with Crippen LogP contribution in [-0.4, -0.2) is 19.6 Å². The van der Waals surface area contributed by atoms with Crippen molar-refractivity contribution in [2.24, 2.45) is 0 Å². The van der Waals surface area contributed by atoms with Crippen LogP contribution in [0.4, 0.5) is 13.2 Å². The third-order valence-corrected chi connectivity index (χ3v) is 1.96. The maximum absolute atomic E-state index is 12.4. The first-order chi connectivity index (χ1) is 7.02. The predicted octanol–water partition coefficient (Wildman–Crippen LogP) is 1.71. The topological polar surface area (TPSA) is 43.1 Å². The number of nitrogens with zero attached hydrogens (tertiary/aromatic N) is 4. The molecule has 2 aromatic heterocycles. The molecule has 0 N–H and O–H groups in total. The maximum Gasteiger partial charge on any atom is 0.452 e. The summed E-state index contributed by atoms with van der Waals surface area (Å²) in [6, 6.07) is 0. The van der Waals surface area contributed by atoms with Crippen LogP contribution in [0.15, 0.2) is 12.4 Å². The molecule has 15 heavy (non-hydrogen) atoms. The van der Waals surface area contributed by atoms with E-state index >= 15 is 0 Å². The Morgan fingerprint density at radius 2 is 2.07 bits per heavy atom. The molecule has 0 unspecified atom stereocenters. The minimum Gasteiger partial charge on any atom is -0.276 e. The molecule has 2 rings (SSSR count). The third-order valence-electron chi connectivity index (χ3n) is 1.96. The van der Waals surface area contributed by atoms with Gasteiger partial charge in [-0.1, -0.05) is 6.92 Å². The highest BCUT2D eigenvalue weighted by Gasteiger charge is 2.36. The minimum absolute atomic E-state index is 0.0968. The smallest absolute Gasteiger partial charge is 0.276 e. The number of fused-ring (bicyclic) bond motifs is 1. The van der Waals surface area contributed by atoms with Gasteiger partial charge in [0.15, 0.2) is 5.65 Å². The summed E-state index contributed by atoms with van der Waals surface area (Å²) in [6.07, 6.45) is -1.35. The summed E-state index contributed by atoms with van der Waals surface area (Å²) in [5, 5.41) is 6.48. The number of aryl methyl sites for hydroxylation is 1. The monoisotopic (exact) mass is 216 g/mol. The average molecular weight is 216 g/mol. The van der Waals surface area contributed by atoms with E-state index in [1.165, 1.54) is 12.4 Å². The Morgan fingerprint density at radius 3 is 2.67 bits per heavy atom. The van der Waals surface area contributed by atoms with Crippen LogP contribution in [0.2, 0.25) is 0 Å². The number of halogens is 3. The Labute approximate surface area is 82.8 Å². The minimum atomic E-state index is -4.49. The normalized spacial score (nSPS) is 12.3. The van der Waals surface area contributed by atoms with Crippen molar-refractivity contribution in [2.45, 2.75) is 19.5 Å². The number of hydrogen-bond acceptors (Lipinski definition) is 3. The van der Waals surface area contributed by atoms with Crippen molar-refractivity contribution in [1.29, 1.82) is 0 Å². The number of rotatable bonds is 1. The highest BCUT2D eigenvalue weighted by atomic mass is 19.4. The molecule has 0 radical (unpaired) electrons. The quantitative estimate of drug-likeness (QED) is 0.728. The summed E-state index contributed by atoms with van der Waals surface area (Å²) in [4.78, 5) is 3.93. The Hall–Kier alpha value is -1.66. The molecule has 4 nitrogen and oxygen atoms in total. The van der Waals surface area contributed by atoms with E-state index in [2.05, 4.69) is 15.2 Å². The number of alkyl halides is 3. The summed E-state index contributed by atoms with van der Waals surface area (Å²) in [5.41, 5.74) is 0.660. The van der Waals surface area contributed by atoms with Gasteiger partial charge in [0.25, 0.3) is 0 Å². The van der Waals surface area contributed by atoms with Crippen LogP contribution in [0.25, 0.3) is 5.65 Å². The Bertz CT molecular complexity index is 488. The van der Waals surface area contributed by atoms with Crippen LogP contribution in [0.1, 0.15) is 18.4 Å². The fourth-order valence-corrected chi connectivity index (χ4v) is 1.22. The van der Waals surface area contributed by atoms with Gasteiger partial charge in [-0.25, -0.2) is 0 Å². The fourth-order valence-electron chi connectivity index (χ4n) is 1.22. The Balaban J connectivity index is 2.67. The lowest BCUT2D eigenvalue weighted by molar-refractivity contribution is -0.145. The largest absolute Gasteiger partial charge is 0.452 e. The van der Waals surface area contributed by atoms with Crippen molar-refractivity contribution in [3.8, 4) is 0 Å². The zero-order valence-electron chi connectivity index (χ0n) is 7.78. The molecule has 0 aliphatic heterocycles. The predicted molar refractivity (Wildman–Crippen MR) is 45.2 cm³/mol. The van der Waals surface area contributed by atoms with Crippen molar-refractivity contribution in [1.82, 2.24) is 19.6 Å². The van der Waals surface area contributed by atoms with Gasteiger partial charge in [-0.3, -0.25) is 9.38 Å². The van der Waals surface area contributed by atoms with Crippen LogP contribution in [0, 0.1) is 0 Å². The van der Waals surface area contributed by atoms with Crippen LogP contribution < -0.4 is 0 Å². The van der Waals surface area contributed by atoms with Gasteiger partial charge in [-0.15, -0.1) is 10.2 Å². The molecule has 0 aliphatic carbocycles. The fraction of sp³-hybridized carbons (Fsp3) is 0.375. The van der Waals surface area contributed by atoms with Crippen LogP contribution in [0.3, 0.4) is 0 Å². The van der Waals surface area contributed by atoms with E-state index in [0.717, 1.165) is 4.40 Å². The van der Waals surface area contributed by atoms with Gasteiger partial charge in [0.2, 0.25) is 5.82 Å². The van der Waals surface area contributed by atoms with E-state index in [-0.39, 0.29) is 5.65 Å². The van der Waals surface area contributed by atoms with E-state index in [1.54, 1.807) is 0 Å². The summed E-state index contributed by atoms with van der Waals surface area (Å²) in [6.45, 7) is 1.81. The van der Waals surface area contributed by atoms with Gasteiger partial charge < -0.3 is 0 Å². The second-order valence-electron chi connectivity index (χ2n) is 2.98. The molecule has 0 bridgehead atoms. The van der Waals surface area contributed by atoms with Crippen molar-refractivity contribution >= 4 is 5.65 Å². The lowest BCUT2D eigenvalue weighted by atomic mass is 10.3. The zero-order valence-corrected chi connectivity index (χ0v) is 7.78. The van der Waals surface area contributed by atoms with E-state index in [4.69, 9.17) is 0 Å². The average Bonchev–Trinajstić information content (AvgIpc) is 2.59. The molecule has 0 aromatic carbocycles. The van der Waals surface area contributed by atoms with E-state index in [9.17, 15) is 13.2 Å². The van der Waals surface area contributed by atoms with Gasteiger partial charge in [-0.2, -0.15) is 13.2 Å². The van der Waals surface area contributed by atoms with Crippen LogP contribution in [-0.2, 0) is 12.6 Å². The molecule has 2 heterocycles. The Morgan fingerprint density at radius 1 is 1.33 bits per heavy atom. The molecule has 80 valence electrons. The highest BCUT2D eigenvalue weighted by molar-refractivity contribution is 5.35. The van der Waals surface area contributed by atoms with Crippen molar-refractivity contribution in [3.63, 3.8) is 0 Å². The first-order valence-electron chi connectivity index (χ1n) is 4.29. The van der Waals surface area contributed by atoms with Crippen molar-refractivity contribution in [2.75, 3.05) is 0 Å². The van der Waals surface area contributed by atoms with E-state index < -0.39 is 12.0 Å². The maximum atomic E-state index is 12.4. The third kappa shape index (κ3) is 1.64. The van der Waals surface area contributed by atoms with E-state index in [1.807, 2.05) is 6.92 Å². The summed E-state index contributed by atoms with van der Waals surface area (Å²) < 4.78 is 38.2. The molecule has 2 aromatic rings. The summed E-state index contributed by atoms with van der Waals surface area (Å²) in [5.74, 6) is -1.02. The summed E-state index contributed by atoms with van der Waals surface area (Å²) >= 11 is 0. The zero-order chi connectivity index (χ0) is 11.1. The molecular formula is C8H7F3N4. The molecule has 0 atom stereocenters. The molecular weight excluding hydrogens is 209 g/mol. The van der Waals surface area contributed by atoms with Crippen molar-refractivity contribution < 1.29 is 13.2 Å². The first kappa shape index (κ1) is 9.88. The van der Waals surface area contributed by atoms with Gasteiger partial charge in [0.05, 0.1) is 11.9 Å². The lowest BCUT2D eigenvalue weighted by Gasteiger charge is -2.04. The standard InChI is InChI=1S/C8H7F3N4/c1-2-5-4-15-6(3-12-5)13-14-7(15)8(9,10)11/h3-4H,2H2,1H3. The summed E-state index contributed by atoms with van der Waals surface area (Å²) in [7, 11) is 0. The molecule has 0 fully saturated rings. The lowest BCUT2D eigenvalue weighted by Crippen LogP contribution is -2.11. The molecule has 0 saturated carbocycles. The SMILES string of the molecule is CCc1cn2c(C(F)(F)F)nnc2cn1. The van der Waals surface area contributed by atoms with Crippen LogP contribution >= 0.6 is 0 Å². The molecule has 0 aliphatic rings. The van der Waals surface area contributed by atoms with Gasteiger partial charge in [-0.05, 0) is 6.42 Å². The first-order valence-corrected chi connectivity index (χ1v) is 4.29. The van der Waals surface area contributed by atoms with Crippen molar-refractivity contribution in [3.05, 3.63) is 23.9 Å².